The van der Waals surface area contributed by atoms with Crippen molar-refractivity contribution in [1.29, 1.82) is 0 Å². The Bertz CT molecular complexity index is 822. The molecule has 7 heteroatoms. The number of hydrogen-bond acceptors (Lipinski definition) is 5. The summed E-state index contributed by atoms with van der Waals surface area (Å²) in [4.78, 5) is 38.0. The summed E-state index contributed by atoms with van der Waals surface area (Å²) in [5, 5.41) is 14.7. The van der Waals surface area contributed by atoms with Crippen LogP contribution < -0.4 is 10.6 Å². The Labute approximate surface area is 210 Å². The standard InChI is InChI=1S/C28H42N2O5/c1-6-8-10-16-24(17-22-14-11-9-12-15-22)27(34)35-20-28(4,5)30-26(33)23(13-7-2)18-25(32)29-21(3)19-31/h6-7,9,11-12,14-15,21,23-24,31H,1-2,8,10,13,16-20H2,3-5H3,(H,29,32)(H,30,33)/t21-,23-,24-/m1/s1. The Morgan fingerprint density at radius 1 is 1.11 bits per heavy atom. The van der Waals surface area contributed by atoms with Crippen LogP contribution in [0.25, 0.3) is 0 Å². The largest absolute Gasteiger partial charge is 0.463 e. The highest BCUT2D eigenvalue weighted by Crippen LogP contribution is 2.19. The minimum absolute atomic E-state index is 0.0128. The number of carbonyl (C=O) groups excluding carboxylic acids is 3. The predicted molar refractivity (Wildman–Crippen MR) is 138 cm³/mol. The zero-order valence-corrected chi connectivity index (χ0v) is 21.4. The van der Waals surface area contributed by atoms with E-state index in [0.717, 1.165) is 18.4 Å². The molecule has 0 spiro atoms. The van der Waals surface area contributed by atoms with E-state index in [0.29, 0.717) is 19.3 Å². The normalized spacial score (nSPS) is 13.7. The van der Waals surface area contributed by atoms with Gasteiger partial charge in [0.05, 0.1) is 24.0 Å². The molecule has 0 saturated carbocycles. The van der Waals surface area contributed by atoms with Gasteiger partial charge in [0.2, 0.25) is 11.8 Å². The fourth-order valence-electron chi connectivity index (χ4n) is 3.64. The third-order valence-corrected chi connectivity index (χ3v) is 5.59. The van der Waals surface area contributed by atoms with E-state index < -0.39 is 11.5 Å². The number of allylic oxidation sites excluding steroid dienone is 2. The number of aliphatic hydroxyl groups is 1. The van der Waals surface area contributed by atoms with E-state index in [1.54, 1.807) is 26.8 Å². The average molecular weight is 487 g/mol. The molecule has 0 radical (unpaired) electrons. The number of nitrogens with one attached hydrogen (secondary N) is 2. The van der Waals surface area contributed by atoms with Gasteiger partial charge in [0.15, 0.2) is 0 Å². The third-order valence-electron chi connectivity index (χ3n) is 5.59. The van der Waals surface area contributed by atoms with Gasteiger partial charge in [-0.1, -0.05) is 42.5 Å². The lowest BCUT2D eigenvalue weighted by Crippen LogP contribution is -2.50. The van der Waals surface area contributed by atoms with E-state index in [-0.39, 0.29) is 49.4 Å². The molecule has 0 bridgehead atoms. The van der Waals surface area contributed by atoms with Crippen LogP contribution >= 0.6 is 0 Å². The maximum Gasteiger partial charge on any atom is 0.309 e. The van der Waals surface area contributed by atoms with Gasteiger partial charge in [-0.05, 0) is 58.4 Å². The number of carbonyl (C=O) groups is 3. The number of ether oxygens (including phenoxy) is 1. The minimum Gasteiger partial charge on any atom is -0.463 e. The van der Waals surface area contributed by atoms with Gasteiger partial charge in [-0.2, -0.15) is 0 Å². The van der Waals surface area contributed by atoms with Crippen molar-refractivity contribution in [2.24, 2.45) is 11.8 Å². The van der Waals surface area contributed by atoms with Gasteiger partial charge in [0, 0.05) is 12.5 Å². The van der Waals surface area contributed by atoms with Crippen molar-refractivity contribution in [3.05, 3.63) is 61.2 Å². The van der Waals surface area contributed by atoms with Gasteiger partial charge in [0.1, 0.15) is 6.61 Å². The molecule has 194 valence electrons. The summed E-state index contributed by atoms with van der Waals surface area (Å²) in [7, 11) is 0. The molecule has 0 heterocycles. The van der Waals surface area contributed by atoms with Gasteiger partial charge in [-0.3, -0.25) is 14.4 Å². The molecular formula is C28H42N2O5. The molecule has 1 aromatic carbocycles. The van der Waals surface area contributed by atoms with Crippen molar-refractivity contribution >= 4 is 17.8 Å². The van der Waals surface area contributed by atoms with Crippen LogP contribution in [0.2, 0.25) is 0 Å². The molecule has 0 aromatic heterocycles. The zero-order chi connectivity index (χ0) is 26.3. The van der Waals surface area contributed by atoms with Crippen LogP contribution in [0.5, 0.6) is 0 Å². The Morgan fingerprint density at radius 2 is 1.80 bits per heavy atom. The van der Waals surface area contributed by atoms with Crippen LogP contribution in [-0.4, -0.2) is 47.7 Å². The van der Waals surface area contributed by atoms with Crippen molar-refractivity contribution in [2.45, 2.75) is 70.9 Å². The lowest BCUT2D eigenvalue weighted by molar-refractivity contribution is -0.151. The highest BCUT2D eigenvalue weighted by atomic mass is 16.5. The summed E-state index contributed by atoms with van der Waals surface area (Å²) < 4.78 is 5.65. The molecule has 7 nitrogen and oxygen atoms in total. The Kier molecular flexibility index (Phi) is 13.7. The summed E-state index contributed by atoms with van der Waals surface area (Å²) >= 11 is 0. The topological polar surface area (TPSA) is 105 Å². The van der Waals surface area contributed by atoms with Crippen molar-refractivity contribution in [3.63, 3.8) is 0 Å². The molecule has 1 aromatic rings. The number of aliphatic hydroxyl groups excluding tert-OH is 1. The molecule has 0 saturated heterocycles. The number of benzene rings is 1. The first kappa shape index (κ1) is 30.1. The summed E-state index contributed by atoms with van der Waals surface area (Å²) in [5.74, 6) is -1.82. The Balaban J connectivity index is 2.73. The van der Waals surface area contributed by atoms with E-state index in [4.69, 9.17) is 9.84 Å². The second kappa shape index (κ2) is 15.9. The molecule has 3 N–H and O–H groups in total. The molecule has 0 aliphatic carbocycles. The fourth-order valence-corrected chi connectivity index (χ4v) is 3.64. The van der Waals surface area contributed by atoms with Gasteiger partial charge < -0.3 is 20.5 Å². The van der Waals surface area contributed by atoms with Crippen LogP contribution in [0.4, 0.5) is 0 Å². The smallest absolute Gasteiger partial charge is 0.309 e. The van der Waals surface area contributed by atoms with Gasteiger partial charge in [-0.15, -0.1) is 13.2 Å². The quantitative estimate of drug-likeness (QED) is 0.177. The van der Waals surface area contributed by atoms with Crippen LogP contribution in [0.1, 0.15) is 58.4 Å². The first-order valence-corrected chi connectivity index (χ1v) is 12.3. The van der Waals surface area contributed by atoms with E-state index in [1.807, 2.05) is 36.4 Å². The molecule has 1 rings (SSSR count). The minimum atomic E-state index is -0.820. The molecule has 0 fully saturated rings. The van der Waals surface area contributed by atoms with E-state index in [1.165, 1.54) is 0 Å². The second-order valence-electron chi connectivity index (χ2n) is 9.66. The van der Waals surface area contributed by atoms with Gasteiger partial charge in [-0.25, -0.2) is 0 Å². The SMILES string of the molecule is C=CCCC[C@H](Cc1ccccc1)C(=O)OCC(C)(C)NC(=O)[C@H](CC=C)CC(=O)N[C@H](C)CO. The lowest BCUT2D eigenvalue weighted by atomic mass is 9.94. The molecule has 2 amide bonds. The first-order valence-electron chi connectivity index (χ1n) is 12.3. The van der Waals surface area contributed by atoms with E-state index in [9.17, 15) is 14.4 Å². The van der Waals surface area contributed by atoms with Crippen molar-refractivity contribution < 1.29 is 24.2 Å². The second-order valence-corrected chi connectivity index (χ2v) is 9.66. The summed E-state index contributed by atoms with van der Waals surface area (Å²) in [5.41, 5.74) is 0.251. The molecule has 35 heavy (non-hydrogen) atoms. The summed E-state index contributed by atoms with van der Waals surface area (Å²) in [6.07, 6.45) is 6.69. The Morgan fingerprint density at radius 3 is 2.40 bits per heavy atom. The number of esters is 1. The fraction of sp³-hybridized carbons (Fsp3) is 0.536. The number of unbranched alkanes of at least 4 members (excludes halogenated alkanes) is 1. The number of amides is 2. The highest BCUT2D eigenvalue weighted by Gasteiger charge is 2.29. The molecule has 3 atom stereocenters. The highest BCUT2D eigenvalue weighted by molar-refractivity contribution is 5.86. The number of rotatable bonds is 17. The van der Waals surface area contributed by atoms with Crippen LogP contribution in [-0.2, 0) is 25.5 Å². The molecule has 0 unspecified atom stereocenters. The van der Waals surface area contributed by atoms with Gasteiger partial charge >= 0.3 is 5.97 Å². The van der Waals surface area contributed by atoms with Crippen molar-refractivity contribution in [1.82, 2.24) is 10.6 Å². The summed E-state index contributed by atoms with van der Waals surface area (Å²) in [6, 6.07) is 9.44. The molecule has 0 aliphatic heterocycles. The average Bonchev–Trinajstić information content (AvgIpc) is 2.82. The predicted octanol–water partition coefficient (Wildman–Crippen LogP) is 3.72. The van der Waals surface area contributed by atoms with Crippen LogP contribution in [0, 0.1) is 11.8 Å². The maximum absolute atomic E-state index is 12.9. The van der Waals surface area contributed by atoms with Gasteiger partial charge in [0.25, 0.3) is 0 Å². The number of hydrogen-bond donors (Lipinski definition) is 3. The van der Waals surface area contributed by atoms with E-state index in [2.05, 4.69) is 23.8 Å². The molecular weight excluding hydrogens is 444 g/mol. The van der Waals surface area contributed by atoms with Crippen LogP contribution in [0.3, 0.4) is 0 Å². The maximum atomic E-state index is 12.9. The zero-order valence-electron chi connectivity index (χ0n) is 21.4. The lowest BCUT2D eigenvalue weighted by Gasteiger charge is -2.29. The van der Waals surface area contributed by atoms with E-state index >= 15 is 0 Å². The van der Waals surface area contributed by atoms with Crippen LogP contribution in [0.15, 0.2) is 55.6 Å². The van der Waals surface area contributed by atoms with Crippen molar-refractivity contribution in [3.8, 4) is 0 Å². The molecule has 0 aliphatic rings. The van der Waals surface area contributed by atoms with Crippen molar-refractivity contribution in [2.75, 3.05) is 13.2 Å². The monoisotopic (exact) mass is 486 g/mol. The summed E-state index contributed by atoms with van der Waals surface area (Å²) in [6.45, 7) is 12.5. The third kappa shape index (κ3) is 12.4. The first-order chi connectivity index (χ1) is 16.6. The Hall–Kier alpha value is -2.93.